The molecular formula is C28H32ClFN6O4S2. The van der Waals surface area contributed by atoms with Crippen LogP contribution in [0, 0.1) is 11.2 Å². The van der Waals surface area contributed by atoms with E-state index in [-0.39, 0.29) is 17.7 Å². The van der Waals surface area contributed by atoms with Crippen LogP contribution < -0.4 is 5.32 Å². The maximum absolute atomic E-state index is 14.0. The maximum atomic E-state index is 14.0. The number of ether oxygens (including phenoxy) is 1. The van der Waals surface area contributed by atoms with Crippen LogP contribution in [0.3, 0.4) is 0 Å². The number of aromatic nitrogens is 1. The molecule has 0 spiro atoms. The Morgan fingerprint density at radius 2 is 2.10 bits per heavy atom. The van der Waals surface area contributed by atoms with Crippen molar-refractivity contribution in [1.29, 1.82) is 0 Å². The number of rotatable bonds is 9. The van der Waals surface area contributed by atoms with E-state index in [0.29, 0.717) is 72.1 Å². The van der Waals surface area contributed by atoms with Crippen LogP contribution in [0.5, 0.6) is 0 Å². The highest BCUT2D eigenvalue weighted by atomic mass is 35.5. The Morgan fingerprint density at radius 3 is 2.76 bits per heavy atom. The van der Waals surface area contributed by atoms with Crippen molar-refractivity contribution < 1.29 is 23.8 Å². The van der Waals surface area contributed by atoms with Gasteiger partial charge in [-0.05, 0) is 45.1 Å². The van der Waals surface area contributed by atoms with Gasteiger partial charge < -0.3 is 25.0 Å². The number of carbonyl (C=O) groups excluding carboxylic acids is 1. The van der Waals surface area contributed by atoms with Gasteiger partial charge in [0.05, 0.1) is 23.6 Å². The van der Waals surface area contributed by atoms with Crippen molar-refractivity contribution in [2.45, 2.75) is 32.9 Å². The Kier molecular flexibility index (Phi) is 8.83. The summed E-state index contributed by atoms with van der Waals surface area (Å²) in [5.74, 6) is -1.40. The van der Waals surface area contributed by atoms with Crippen LogP contribution in [-0.4, -0.2) is 99.6 Å². The molecule has 0 saturated carbocycles. The van der Waals surface area contributed by atoms with Gasteiger partial charge in [0.25, 0.3) is 0 Å². The van der Waals surface area contributed by atoms with Crippen molar-refractivity contribution in [3.05, 3.63) is 62.5 Å². The predicted octanol–water partition coefficient (Wildman–Crippen LogP) is 3.54. The van der Waals surface area contributed by atoms with E-state index in [9.17, 15) is 19.1 Å². The number of carbonyl (C=O) groups is 2. The third-order valence-electron chi connectivity index (χ3n) is 7.57. The first-order valence-electron chi connectivity index (χ1n) is 13.6. The van der Waals surface area contributed by atoms with E-state index >= 15 is 0 Å². The smallest absolute Gasteiger partial charge is 0.338 e. The number of hydrogen-bond acceptors (Lipinski definition) is 9. The highest BCUT2D eigenvalue weighted by Crippen LogP contribution is 2.37. The van der Waals surface area contributed by atoms with Crippen LogP contribution in [0.25, 0.3) is 0 Å². The van der Waals surface area contributed by atoms with Gasteiger partial charge in [-0.15, -0.1) is 11.3 Å². The van der Waals surface area contributed by atoms with Crippen molar-refractivity contribution in [2.75, 3.05) is 45.9 Å². The molecule has 2 saturated heterocycles. The van der Waals surface area contributed by atoms with E-state index in [1.807, 2.05) is 10.3 Å². The Labute approximate surface area is 257 Å². The molecule has 2 atom stereocenters. The van der Waals surface area contributed by atoms with Crippen molar-refractivity contribution in [2.24, 2.45) is 10.4 Å². The molecule has 2 N–H and O–H groups in total. The van der Waals surface area contributed by atoms with Gasteiger partial charge in [0.2, 0.25) is 0 Å². The molecule has 10 nitrogen and oxygen atoms in total. The Morgan fingerprint density at radius 1 is 1.31 bits per heavy atom. The van der Waals surface area contributed by atoms with Gasteiger partial charge in [-0.3, -0.25) is 14.7 Å². The highest BCUT2D eigenvalue weighted by Gasteiger charge is 2.42. The Bertz CT molecular complexity index is 1450. The summed E-state index contributed by atoms with van der Waals surface area (Å²) in [6.45, 7) is 8.60. The molecular weight excluding hydrogens is 603 g/mol. The summed E-state index contributed by atoms with van der Waals surface area (Å²) in [6, 6.07) is 3.28. The minimum Gasteiger partial charge on any atom is -0.481 e. The van der Waals surface area contributed by atoms with Crippen LogP contribution in [-0.2, 0) is 14.3 Å². The molecule has 4 heterocycles. The highest BCUT2D eigenvalue weighted by molar-refractivity contribution is 7.80. The second-order valence-corrected chi connectivity index (χ2v) is 12.7. The minimum absolute atomic E-state index is 0.0699. The van der Waals surface area contributed by atoms with E-state index in [4.69, 9.17) is 33.5 Å². The molecule has 2 fully saturated rings. The van der Waals surface area contributed by atoms with Crippen LogP contribution in [0.2, 0.25) is 5.02 Å². The minimum atomic E-state index is -0.939. The first-order valence-corrected chi connectivity index (χ1v) is 15.3. The number of aliphatic carboxylic acids is 1. The molecule has 0 amide bonds. The predicted molar refractivity (Wildman–Crippen MR) is 162 cm³/mol. The molecule has 42 heavy (non-hydrogen) atoms. The number of halogens is 2. The number of thiazole rings is 1. The van der Waals surface area contributed by atoms with Gasteiger partial charge in [0.1, 0.15) is 11.9 Å². The second kappa shape index (κ2) is 12.2. The number of nitrogens with one attached hydrogen (secondary N) is 1. The third-order valence-corrected chi connectivity index (χ3v) is 9.17. The number of hydrogen-bond donors (Lipinski definition) is 2. The fourth-order valence-electron chi connectivity index (χ4n) is 5.45. The first-order chi connectivity index (χ1) is 20.0. The van der Waals surface area contributed by atoms with E-state index < -0.39 is 29.2 Å². The molecule has 0 unspecified atom stereocenters. The van der Waals surface area contributed by atoms with Gasteiger partial charge >= 0.3 is 11.9 Å². The van der Waals surface area contributed by atoms with Crippen LogP contribution >= 0.6 is 35.2 Å². The largest absolute Gasteiger partial charge is 0.481 e. The van der Waals surface area contributed by atoms with Crippen molar-refractivity contribution in [3.8, 4) is 0 Å². The molecule has 14 heteroatoms. The summed E-state index contributed by atoms with van der Waals surface area (Å²) in [5, 5.41) is 16.3. The molecule has 224 valence electrons. The normalized spacial score (nSPS) is 21.3. The lowest BCUT2D eigenvalue weighted by molar-refractivity contribution is -0.147. The third kappa shape index (κ3) is 6.14. The molecule has 0 bridgehead atoms. The van der Waals surface area contributed by atoms with E-state index in [0.717, 1.165) is 0 Å². The monoisotopic (exact) mass is 634 g/mol. The average Bonchev–Trinajstić information content (AvgIpc) is 3.57. The van der Waals surface area contributed by atoms with Crippen LogP contribution in [0.15, 0.2) is 46.0 Å². The molecule has 0 aliphatic carbocycles. The number of thiocarbonyl (C=S) groups is 1. The van der Waals surface area contributed by atoms with Crippen LogP contribution in [0.4, 0.5) is 4.39 Å². The molecule has 1 aromatic carbocycles. The summed E-state index contributed by atoms with van der Waals surface area (Å²) in [6.07, 6.45) is 1.67. The number of carboxylic acid groups (broad SMARTS) is 1. The van der Waals surface area contributed by atoms with Crippen LogP contribution in [0.1, 0.15) is 37.4 Å². The second-order valence-electron chi connectivity index (χ2n) is 11.1. The molecule has 0 radical (unpaired) electrons. The maximum Gasteiger partial charge on any atom is 0.338 e. The van der Waals surface area contributed by atoms with Gasteiger partial charge in [0, 0.05) is 67.1 Å². The van der Waals surface area contributed by atoms with Gasteiger partial charge in [-0.2, -0.15) is 0 Å². The zero-order chi connectivity index (χ0) is 30.2. The number of carboxylic acids is 1. The number of fused-ring (bicyclic) bond motifs is 1. The lowest BCUT2D eigenvalue weighted by Gasteiger charge is -2.38. The summed E-state index contributed by atoms with van der Waals surface area (Å²) >= 11 is 13.6. The number of nitrogens with zero attached hydrogens (tertiary/aromatic N) is 5. The quantitative estimate of drug-likeness (QED) is 0.314. The summed E-state index contributed by atoms with van der Waals surface area (Å²) in [4.78, 5) is 40.8. The summed E-state index contributed by atoms with van der Waals surface area (Å²) in [7, 11) is 0. The first kappa shape index (κ1) is 30.3. The molecule has 3 aliphatic heterocycles. The average molecular weight is 635 g/mol. The fourth-order valence-corrected chi connectivity index (χ4v) is 6.69. The van der Waals surface area contributed by atoms with Gasteiger partial charge in [-0.1, -0.05) is 17.7 Å². The standard InChI is InChI=1S/C28H32ClFN6O4S2/c1-4-40-25(37)21-20(14-34-8-9-36-17(12-34)13-35(27(36)41)15-28(2,3)26(38)39)32-23(24-31-7-10-42-24)33-22(21)18-6-5-16(30)11-19(18)29/h5-7,10-11,17,22H,4,8-9,12-15H2,1-3H3,(H,32,33)(H,38,39)/t17-,22-/m0/s1. The Balaban J connectivity index is 1.45. The zero-order valence-electron chi connectivity index (χ0n) is 23.5. The summed E-state index contributed by atoms with van der Waals surface area (Å²) in [5.41, 5.74) is 0.458. The molecule has 5 rings (SSSR count). The number of esters is 1. The van der Waals surface area contributed by atoms with Crippen molar-refractivity contribution in [3.63, 3.8) is 0 Å². The Hall–Kier alpha value is -3.13. The topological polar surface area (TPSA) is 111 Å². The number of piperazine rings is 1. The van der Waals surface area contributed by atoms with E-state index in [1.54, 1.807) is 33.0 Å². The fraction of sp³-hybridized carbons (Fsp3) is 0.464. The molecule has 1 aromatic heterocycles. The van der Waals surface area contributed by atoms with E-state index in [2.05, 4.69) is 20.1 Å². The summed E-state index contributed by atoms with van der Waals surface area (Å²) < 4.78 is 19.4. The number of amidine groups is 1. The van der Waals surface area contributed by atoms with Crippen molar-refractivity contribution >= 4 is 58.0 Å². The molecule has 2 aromatic rings. The van der Waals surface area contributed by atoms with E-state index in [1.165, 1.54) is 23.5 Å². The van der Waals surface area contributed by atoms with Gasteiger partial charge in [0.15, 0.2) is 16.0 Å². The number of benzene rings is 1. The SMILES string of the molecule is CCOC(=O)C1=C(CN2CCN3C(=S)N(CC(C)(C)C(=O)O)C[C@@H]3C2)NC(c2nccs2)=N[C@H]1c1ccc(F)cc1Cl. The lowest BCUT2D eigenvalue weighted by atomic mass is 9.93. The van der Waals surface area contributed by atoms with Gasteiger partial charge in [-0.25, -0.2) is 14.2 Å². The number of aliphatic imine (C=N–C) groups is 1. The van der Waals surface area contributed by atoms with Crippen molar-refractivity contribution in [1.82, 2.24) is 25.0 Å². The lowest BCUT2D eigenvalue weighted by Crippen LogP contribution is -2.53. The molecule has 3 aliphatic rings. The zero-order valence-corrected chi connectivity index (χ0v) is 25.9.